The molecule has 1 aliphatic heterocycles. The Labute approximate surface area is 334 Å². The van der Waals surface area contributed by atoms with Crippen molar-refractivity contribution in [2.75, 3.05) is 13.3 Å². The summed E-state index contributed by atoms with van der Waals surface area (Å²) in [5, 5.41) is 1.08. The minimum atomic E-state index is -2.91. The molecule has 0 radical (unpaired) electrons. The standard InChI is InChI=1S/C51H54O3P2/c1-6-8-25-48(56(53)37-42-21-13-15-23-46(42)47-24-16-17-26-49(47)56)39-27-31-43(32-28-39)51(3,4)44-33-29-40(30-34-44)50(54-35-7-2)55(5,52)36-41-20-12-14-22-45(41)38-18-10-9-11-19-38/h6-7,9-15,17-23,26-34,48,50H,1-2,8,16,24-25,35-37H2,3-5H3. The minimum Gasteiger partial charge on any atom is -0.362 e. The maximum atomic E-state index is 15.5. The fraction of sp³-hybridized carbons (Fsp3) is 0.255. The Bertz CT molecular complexity index is 2350. The minimum absolute atomic E-state index is 0.0880. The molecule has 0 fully saturated rings. The maximum Gasteiger partial charge on any atom is 0.136 e. The van der Waals surface area contributed by atoms with Crippen LogP contribution in [0.1, 0.15) is 90.0 Å². The summed E-state index contributed by atoms with van der Waals surface area (Å²) in [5.41, 5.74) is 11.0. The van der Waals surface area contributed by atoms with Gasteiger partial charge in [0.25, 0.3) is 0 Å². The molecule has 4 unspecified atom stereocenters. The number of rotatable bonds is 15. The lowest BCUT2D eigenvalue weighted by Gasteiger charge is -2.37. The zero-order valence-electron chi connectivity index (χ0n) is 33.1. The van der Waals surface area contributed by atoms with Crippen LogP contribution < -0.4 is 0 Å². The first-order valence-electron chi connectivity index (χ1n) is 19.9. The molecule has 286 valence electrons. The van der Waals surface area contributed by atoms with Gasteiger partial charge in [0.05, 0.1) is 6.61 Å². The molecule has 0 bridgehead atoms. The molecule has 0 N–H and O–H groups in total. The van der Waals surface area contributed by atoms with Crippen molar-refractivity contribution in [2.24, 2.45) is 0 Å². The summed E-state index contributed by atoms with van der Waals surface area (Å²) in [4.78, 5) is 0. The van der Waals surface area contributed by atoms with Crippen molar-refractivity contribution in [1.82, 2.24) is 0 Å². The van der Waals surface area contributed by atoms with E-state index in [1.54, 1.807) is 6.08 Å². The van der Waals surface area contributed by atoms with E-state index in [1.165, 1.54) is 22.3 Å². The third-order valence-corrected chi connectivity index (χ3v) is 17.9. The predicted octanol–water partition coefficient (Wildman–Crippen LogP) is 14.7. The highest BCUT2D eigenvalue weighted by molar-refractivity contribution is 7.68. The van der Waals surface area contributed by atoms with Crippen LogP contribution in [-0.4, -0.2) is 13.3 Å². The van der Waals surface area contributed by atoms with Gasteiger partial charge in [-0.05, 0) is 88.0 Å². The number of hydrogen-bond acceptors (Lipinski definition) is 3. The van der Waals surface area contributed by atoms with E-state index >= 15 is 4.57 Å². The molecule has 7 rings (SSSR count). The molecule has 0 spiro atoms. The number of benzene rings is 5. The van der Waals surface area contributed by atoms with E-state index in [-0.39, 0.29) is 11.1 Å². The van der Waals surface area contributed by atoms with Gasteiger partial charge >= 0.3 is 0 Å². The summed E-state index contributed by atoms with van der Waals surface area (Å²) in [7, 11) is -5.74. The summed E-state index contributed by atoms with van der Waals surface area (Å²) in [6.07, 6.45) is 12.6. The quantitative estimate of drug-likeness (QED) is 0.0785. The molecule has 5 aromatic carbocycles. The molecular weight excluding hydrogens is 723 g/mol. The van der Waals surface area contributed by atoms with E-state index in [0.29, 0.717) is 18.9 Å². The molecule has 0 amide bonds. The lowest BCUT2D eigenvalue weighted by molar-refractivity contribution is 0.130. The summed E-state index contributed by atoms with van der Waals surface area (Å²) in [6.45, 7) is 14.6. The lowest BCUT2D eigenvalue weighted by Crippen LogP contribution is -2.19. The van der Waals surface area contributed by atoms with E-state index in [4.69, 9.17) is 4.74 Å². The highest BCUT2D eigenvalue weighted by atomic mass is 31.2. The van der Waals surface area contributed by atoms with Crippen LogP contribution in [0.15, 0.2) is 170 Å². The van der Waals surface area contributed by atoms with Crippen LogP contribution in [0.4, 0.5) is 0 Å². The van der Waals surface area contributed by atoms with E-state index in [1.807, 2.05) is 43.1 Å². The highest BCUT2D eigenvalue weighted by Crippen LogP contribution is 2.73. The van der Waals surface area contributed by atoms with Crippen molar-refractivity contribution in [1.29, 1.82) is 0 Å². The number of hydrogen-bond donors (Lipinski definition) is 0. The monoisotopic (exact) mass is 776 g/mol. The van der Waals surface area contributed by atoms with Gasteiger partial charge in [-0.25, -0.2) is 0 Å². The Hall–Kier alpha value is -4.52. The Balaban J connectivity index is 1.15. The molecule has 3 nitrogen and oxygen atoms in total. The normalized spacial score (nSPS) is 18.6. The Kier molecular flexibility index (Phi) is 12.0. The first-order valence-corrected chi connectivity index (χ1v) is 24.2. The lowest BCUT2D eigenvalue weighted by atomic mass is 9.77. The summed E-state index contributed by atoms with van der Waals surface area (Å²) >= 11 is 0. The van der Waals surface area contributed by atoms with Gasteiger partial charge < -0.3 is 13.9 Å². The van der Waals surface area contributed by atoms with Gasteiger partial charge in [0.15, 0.2) is 0 Å². The van der Waals surface area contributed by atoms with Crippen LogP contribution in [0, 0.1) is 0 Å². The molecule has 0 saturated heterocycles. The number of fused-ring (bicyclic) bond motifs is 2. The molecule has 1 aliphatic carbocycles. The first-order chi connectivity index (χ1) is 27.1. The average Bonchev–Trinajstić information content (AvgIpc) is 3.22. The van der Waals surface area contributed by atoms with Crippen molar-refractivity contribution in [3.05, 3.63) is 209 Å². The van der Waals surface area contributed by atoms with E-state index in [2.05, 4.69) is 136 Å². The van der Waals surface area contributed by atoms with Crippen LogP contribution >= 0.6 is 14.3 Å². The van der Waals surface area contributed by atoms with Crippen LogP contribution in [0.2, 0.25) is 0 Å². The molecule has 2 aliphatic rings. The molecule has 5 aromatic rings. The molecule has 5 heteroatoms. The highest BCUT2D eigenvalue weighted by Gasteiger charge is 2.42. The Morgan fingerprint density at radius 1 is 0.786 bits per heavy atom. The smallest absolute Gasteiger partial charge is 0.136 e. The fourth-order valence-corrected chi connectivity index (χ4v) is 14.9. The average molecular weight is 777 g/mol. The van der Waals surface area contributed by atoms with Crippen LogP contribution in [0.5, 0.6) is 0 Å². The fourth-order valence-electron chi connectivity index (χ4n) is 8.80. The molecular formula is C51H54O3P2. The van der Waals surface area contributed by atoms with Crippen LogP contribution in [0.25, 0.3) is 16.7 Å². The van der Waals surface area contributed by atoms with Crippen molar-refractivity contribution in [3.8, 4) is 11.1 Å². The molecule has 56 heavy (non-hydrogen) atoms. The van der Waals surface area contributed by atoms with Gasteiger partial charge in [-0.15, -0.1) is 13.2 Å². The van der Waals surface area contributed by atoms with Crippen molar-refractivity contribution < 1.29 is 13.9 Å². The van der Waals surface area contributed by atoms with Gasteiger partial charge in [0, 0.05) is 28.7 Å². The predicted molar refractivity (Wildman–Crippen MR) is 238 cm³/mol. The van der Waals surface area contributed by atoms with Crippen LogP contribution in [-0.2, 0) is 31.6 Å². The molecule has 1 heterocycles. The SMILES string of the molecule is C=CCCC(c1ccc(C(C)(C)c2ccc(C(OCC=C)P(C)(=O)Cc3ccccc3-c3ccccc3)cc2)cc1)P1(=O)Cc2ccccc2C2=C1C=CCC2. The van der Waals surface area contributed by atoms with Crippen molar-refractivity contribution in [2.45, 2.75) is 68.8 Å². The van der Waals surface area contributed by atoms with Gasteiger partial charge in [-0.1, -0.05) is 166 Å². The maximum absolute atomic E-state index is 15.5. The third kappa shape index (κ3) is 8.01. The summed E-state index contributed by atoms with van der Waals surface area (Å²) < 4.78 is 36.5. The van der Waals surface area contributed by atoms with Gasteiger partial charge in [-0.3, -0.25) is 0 Å². The number of ether oxygens (including phenoxy) is 1. The summed E-state index contributed by atoms with van der Waals surface area (Å²) in [6, 6.07) is 44.4. The van der Waals surface area contributed by atoms with Gasteiger partial charge in [0.1, 0.15) is 20.1 Å². The van der Waals surface area contributed by atoms with E-state index in [9.17, 15) is 4.57 Å². The largest absolute Gasteiger partial charge is 0.362 e. The zero-order chi connectivity index (χ0) is 39.3. The second kappa shape index (κ2) is 16.9. The molecule has 0 saturated carbocycles. The van der Waals surface area contributed by atoms with Gasteiger partial charge in [0.2, 0.25) is 0 Å². The molecule has 4 atom stereocenters. The Morgan fingerprint density at radius 3 is 2.09 bits per heavy atom. The molecule has 0 aromatic heterocycles. The van der Waals surface area contributed by atoms with E-state index in [0.717, 1.165) is 64.4 Å². The van der Waals surface area contributed by atoms with Crippen molar-refractivity contribution in [3.63, 3.8) is 0 Å². The Morgan fingerprint density at radius 2 is 1.41 bits per heavy atom. The topological polar surface area (TPSA) is 43.4 Å². The number of allylic oxidation sites excluding steroid dienone is 5. The second-order valence-electron chi connectivity index (χ2n) is 16.0. The van der Waals surface area contributed by atoms with Crippen molar-refractivity contribution >= 4 is 19.9 Å². The third-order valence-electron chi connectivity index (χ3n) is 11.8. The second-order valence-corrected chi connectivity index (χ2v) is 22.1. The van der Waals surface area contributed by atoms with Gasteiger partial charge in [-0.2, -0.15) is 0 Å². The van der Waals surface area contributed by atoms with Crippen LogP contribution in [0.3, 0.4) is 0 Å². The zero-order valence-corrected chi connectivity index (χ0v) is 34.9. The van der Waals surface area contributed by atoms with E-state index < -0.39 is 20.1 Å². The first kappa shape index (κ1) is 39.7. The summed E-state index contributed by atoms with van der Waals surface area (Å²) in [5.74, 6) is -0.572.